The van der Waals surface area contributed by atoms with Gasteiger partial charge in [0.25, 0.3) is 0 Å². The first-order valence-corrected chi connectivity index (χ1v) is 8.92. The van der Waals surface area contributed by atoms with E-state index in [0.717, 1.165) is 0 Å². The minimum absolute atomic E-state index is 0.312. The maximum absolute atomic E-state index is 12.4. The quantitative estimate of drug-likeness (QED) is 0.591. The Morgan fingerprint density at radius 2 is 2.08 bits per heavy atom. The van der Waals surface area contributed by atoms with E-state index in [9.17, 15) is 9.35 Å². The molecule has 0 radical (unpaired) electrons. The van der Waals surface area contributed by atoms with E-state index in [1.165, 1.54) is 7.11 Å². The number of esters is 1. The fraction of sp³-hybridized carbons (Fsp3) is 0.800. The summed E-state index contributed by atoms with van der Waals surface area (Å²) in [5.41, 5.74) is -0.664. The van der Waals surface area contributed by atoms with Crippen LogP contribution >= 0.6 is 0 Å². The SMILES string of the molecule is COC(=O)C(C)(C)Cn1cc(C2(N[S@@+]([O-])C(C)(C)C)COC2)nn1. The van der Waals surface area contributed by atoms with Crippen molar-refractivity contribution in [2.45, 2.75) is 51.4 Å². The van der Waals surface area contributed by atoms with Crippen LogP contribution in [0.1, 0.15) is 40.3 Å². The van der Waals surface area contributed by atoms with E-state index in [-0.39, 0.29) is 5.97 Å². The van der Waals surface area contributed by atoms with Crippen LogP contribution in [0.4, 0.5) is 0 Å². The molecule has 1 fully saturated rings. The molecule has 0 aliphatic carbocycles. The van der Waals surface area contributed by atoms with Crippen LogP contribution < -0.4 is 4.72 Å². The lowest BCUT2D eigenvalue weighted by Gasteiger charge is -2.41. The van der Waals surface area contributed by atoms with Gasteiger partial charge in [-0.05, 0) is 34.6 Å². The molecule has 1 aliphatic rings. The third kappa shape index (κ3) is 3.90. The summed E-state index contributed by atoms with van der Waals surface area (Å²) >= 11 is -1.26. The molecular formula is C15H26N4O4S. The summed E-state index contributed by atoms with van der Waals surface area (Å²) < 4.78 is 26.9. The second kappa shape index (κ2) is 6.62. The Morgan fingerprint density at radius 3 is 2.54 bits per heavy atom. The van der Waals surface area contributed by atoms with Gasteiger partial charge in [-0.3, -0.25) is 9.48 Å². The standard InChI is InChI=1S/C15H26N4O4S/c1-13(2,3)24(21)17-15(9-23-10-15)11-7-19(18-16-11)8-14(4,5)12(20)22-6/h7,17H,8-10H2,1-6H3/t24-/m0/s1. The van der Waals surface area contributed by atoms with E-state index >= 15 is 0 Å². The normalized spacial score (nSPS) is 18.8. The Morgan fingerprint density at radius 1 is 1.46 bits per heavy atom. The summed E-state index contributed by atoms with van der Waals surface area (Å²) in [5.74, 6) is -0.312. The van der Waals surface area contributed by atoms with E-state index in [4.69, 9.17) is 9.47 Å². The van der Waals surface area contributed by atoms with Crippen molar-refractivity contribution >= 4 is 17.3 Å². The fourth-order valence-electron chi connectivity index (χ4n) is 2.24. The first-order chi connectivity index (χ1) is 11.0. The topological polar surface area (TPSA) is 101 Å². The lowest BCUT2D eigenvalue weighted by molar-refractivity contribution is -0.151. The summed E-state index contributed by atoms with van der Waals surface area (Å²) in [6.07, 6.45) is 1.76. The zero-order valence-electron chi connectivity index (χ0n) is 15.1. The van der Waals surface area contributed by atoms with Gasteiger partial charge < -0.3 is 14.0 Å². The predicted molar refractivity (Wildman–Crippen MR) is 89.3 cm³/mol. The van der Waals surface area contributed by atoms with Crippen molar-refractivity contribution in [3.8, 4) is 0 Å². The van der Waals surface area contributed by atoms with E-state index in [0.29, 0.717) is 25.5 Å². The molecule has 24 heavy (non-hydrogen) atoms. The largest absolute Gasteiger partial charge is 0.598 e. The van der Waals surface area contributed by atoms with Crippen LogP contribution in [-0.4, -0.2) is 50.6 Å². The second-order valence-electron chi connectivity index (χ2n) is 7.73. The van der Waals surface area contributed by atoms with Crippen molar-refractivity contribution in [2.24, 2.45) is 5.41 Å². The van der Waals surface area contributed by atoms with Gasteiger partial charge in [0.2, 0.25) is 0 Å². The van der Waals surface area contributed by atoms with Crippen molar-refractivity contribution in [2.75, 3.05) is 20.3 Å². The molecule has 1 aliphatic heterocycles. The van der Waals surface area contributed by atoms with Gasteiger partial charge in [0.05, 0.1) is 38.5 Å². The molecule has 0 aromatic carbocycles. The highest BCUT2D eigenvalue weighted by Crippen LogP contribution is 2.31. The number of hydrogen-bond donors (Lipinski definition) is 1. The number of methoxy groups -OCH3 is 1. The molecule has 8 nitrogen and oxygen atoms in total. The number of nitrogens with zero attached hydrogens (tertiary/aromatic N) is 3. The number of hydrogen-bond acceptors (Lipinski definition) is 7. The van der Waals surface area contributed by atoms with Crippen molar-refractivity contribution < 1.29 is 18.8 Å². The molecular weight excluding hydrogens is 332 g/mol. The maximum Gasteiger partial charge on any atom is 0.313 e. The first kappa shape index (κ1) is 19.2. The molecule has 1 N–H and O–H groups in total. The predicted octanol–water partition coefficient (Wildman–Crippen LogP) is 0.755. The van der Waals surface area contributed by atoms with Gasteiger partial charge in [-0.25, -0.2) is 0 Å². The molecule has 1 saturated heterocycles. The molecule has 1 aromatic rings. The number of carbonyl (C=O) groups is 1. The van der Waals surface area contributed by atoms with Crippen molar-refractivity contribution in [3.63, 3.8) is 0 Å². The van der Waals surface area contributed by atoms with Gasteiger partial charge >= 0.3 is 5.97 Å². The van der Waals surface area contributed by atoms with Crippen LogP contribution in [0.15, 0.2) is 6.20 Å². The van der Waals surface area contributed by atoms with Crippen LogP contribution in [0.3, 0.4) is 0 Å². The lowest BCUT2D eigenvalue weighted by Crippen LogP contribution is -2.62. The molecule has 0 bridgehead atoms. The molecule has 2 heterocycles. The highest BCUT2D eigenvalue weighted by Gasteiger charge is 2.49. The summed E-state index contributed by atoms with van der Waals surface area (Å²) in [6.45, 7) is 10.4. The molecule has 2 rings (SSSR count). The second-order valence-corrected chi connectivity index (χ2v) is 9.70. The Hall–Kier alpha value is -1.16. The smallest absolute Gasteiger partial charge is 0.313 e. The Kier molecular flexibility index (Phi) is 5.29. The highest BCUT2D eigenvalue weighted by atomic mass is 32.2. The Balaban J connectivity index is 2.15. The van der Waals surface area contributed by atoms with E-state index < -0.39 is 27.1 Å². The molecule has 1 aromatic heterocycles. The minimum atomic E-state index is -1.26. The van der Waals surface area contributed by atoms with E-state index in [1.54, 1.807) is 24.7 Å². The monoisotopic (exact) mass is 358 g/mol. The number of rotatable bonds is 6. The van der Waals surface area contributed by atoms with Crippen molar-refractivity contribution in [3.05, 3.63) is 11.9 Å². The zero-order valence-corrected chi connectivity index (χ0v) is 15.9. The first-order valence-electron chi connectivity index (χ1n) is 7.77. The molecule has 0 saturated carbocycles. The Labute approximate surface area is 145 Å². The molecule has 0 spiro atoms. The summed E-state index contributed by atoms with van der Waals surface area (Å²) in [6, 6.07) is 0. The third-order valence-corrected chi connectivity index (χ3v) is 5.55. The van der Waals surface area contributed by atoms with Gasteiger partial charge in [0.1, 0.15) is 10.4 Å². The Bertz CT molecular complexity index is 593. The van der Waals surface area contributed by atoms with Gasteiger partial charge in [-0.1, -0.05) is 5.21 Å². The maximum atomic E-state index is 12.4. The summed E-state index contributed by atoms with van der Waals surface area (Å²) in [5, 5.41) is 8.30. The van der Waals surface area contributed by atoms with E-state index in [1.807, 2.05) is 20.8 Å². The average Bonchev–Trinajstić information content (AvgIpc) is 2.88. The molecule has 0 unspecified atom stereocenters. The molecule has 0 amide bonds. The number of nitrogens with one attached hydrogen (secondary N) is 1. The van der Waals surface area contributed by atoms with Crippen LogP contribution in [0, 0.1) is 5.41 Å². The third-order valence-electron chi connectivity index (χ3n) is 3.87. The molecule has 1 atom stereocenters. The van der Waals surface area contributed by atoms with Gasteiger partial charge in [-0.2, -0.15) is 0 Å². The number of carbonyl (C=O) groups excluding carboxylic acids is 1. The molecule has 9 heteroatoms. The highest BCUT2D eigenvalue weighted by molar-refractivity contribution is 7.90. The zero-order chi connectivity index (χ0) is 18.2. The van der Waals surface area contributed by atoms with Crippen molar-refractivity contribution in [1.82, 2.24) is 19.7 Å². The van der Waals surface area contributed by atoms with Crippen LogP contribution in [-0.2, 0) is 37.7 Å². The number of ether oxygens (including phenoxy) is 2. The van der Waals surface area contributed by atoms with E-state index in [2.05, 4.69) is 15.0 Å². The lowest BCUT2D eigenvalue weighted by atomic mass is 9.93. The average molecular weight is 358 g/mol. The summed E-state index contributed by atoms with van der Waals surface area (Å²) in [4.78, 5) is 11.8. The van der Waals surface area contributed by atoms with Crippen LogP contribution in [0.5, 0.6) is 0 Å². The fourth-order valence-corrected chi connectivity index (χ4v) is 3.12. The summed E-state index contributed by atoms with van der Waals surface area (Å²) in [7, 11) is 1.36. The number of aromatic nitrogens is 3. The minimum Gasteiger partial charge on any atom is -0.598 e. The van der Waals surface area contributed by atoms with Gasteiger partial charge in [0.15, 0.2) is 5.54 Å². The molecule has 136 valence electrons. The van der Waals surface area contributed by atoms with Crippen LogP contribution in [0.2, 0.25) is 0 Å². The van der Waals surface area contributed by atoms with Crippen LogP contribution in [0.25, 0.3) is 0 Å². The van der Waals surface area contributed by atoms with Gasteiger partial charge in [-0.15, -0.1) is 9.82 Å². The van der Waals surface area contributed by atoms with Gasteiger partial charge in [0, 0.05) is 11.4 Å². The van der Waals surface area contributed by atoms with Crippen molar-refractivity contribution in [1.29, 1.82) is 0 Å².